The van der Waals surface area contributed by atoms with Crippen LogP contribution in [-0.2, 0) is 6.54 Å². The van der Waals surface area contributed by atoms with E-state index < -0.39 is 5.76 Å². The number of benzene rings is 2. The third kappa shape index (κ3) is 2.42. The summed E-state index contributed by atoms with van der Waals surface area (Å²) in [5, 5.41) is 0. The van der Waals surface area contributed by atoms with Gasteiger partial charge >= 0.3 is 5.76 Å². The number of para-hydroxylation sites is 2. The van der Waals surface area contributed by atoms with Crippen LogP contribution in [0.1, 0.15) is 0 Å². The quantitative estimate of drug-likeness (QED) is 0.734. The molecule has 3 rings (SSSR count). The molecule has 0 bridgehead atoms. The van der Waals surface area contributed by atoms with Gasteiger partial charge in [-0.15, -0.1) is 0 Å². The molecule has 1 heterocycles. The van der Waals surface area contributed by atoms with Crippen LogP contribution >= 0.6 is 0 Å². The summed E-state index contributed by atoms with van der Waals surface area (Å²) >= 11 is 0. The van der Waals surface area contributed by atoms with Gasteiger partial charge in [-0.2, -0.15) is 0 Å². The first-order chi connectivity index (χ1) is 9.74. The average molecular weight is 273 g/mol. The van der Waals surface area contributed by atoms with Gasteiger partial charge in [0, 0.05) is 0 Å². The third-order valence-electron chi connectivity index (χ3n) is 2.97. The molecule has 5 heteroatoms. The zero-order valence-corrected chi connectivity index (χ0v) is 10.6. The van der Waals surface area contributed by atoms with Gasteiger partial charge in [-0.3, -0.25) is 4.57 Å². The van der Waals surface area contributed by atoms with Gasteiger partial charge in [0.15, 0.2) is 5.58 Å². The second kappa shape index (κ2) is 5.21. The lowest BCUT2D eigenvalue weighted by atomic mass is 10.3. The molecular weight excluding hydrogens is 261 g/mol. The molecule has 0 aliphatic carbocycles. The normalized spacial score (nSPS) is 10.8. The SMILES string of the molecule is O=c1oc2ccccc2n1CCOc1ccc(F)cc1. The Morgan fingerprint density at radius 2 is 1.85 bits per heavy atom. The lowest BCUT2D eigenvalue weighted by Gasteiger charge is -2.06. The van der Waals surface area contributed by atoms with E-state index >= 15 is 0 Å². The number of fused-ring (bicyclic) bond motifs is 1. The Kier molecular flexibility index (Phi) is 3.25. The van der Waals surface area contributed by atoms with E-state index in [0.717, 1.165) is 5.52 Å². The Balaban J connectivity index is 1.72. The third-order valence-corrected chi connectivity index (χ3v) is 2.97. The lowest BCUT2D eigenvalue weighted by molar-refractivity contribution is 0.294. The van der Waals surface area contributed by atoms with Crippen molar-refractivity contribution in [2.75, 3.05) is 6.61 Å². The van der Waals surface area contributed by atoms with Crippen LogP contribution in [-0.4, -0.2) is 11.2 Å². The summed E-state index contributed by atoms with van der Waals surface area (Å²) in [6, 6.07) is 13.0. The van der Waals surface area contributed by atoms with Gasteiger partial charge in [0.1, 0.15) is 18.2 Å². The van der Waals surface area contributed by atoms with Crippen molar-refractivity contribution in [2.24, 2.45) is 0 Å². The lowest BCUT2D eigenvalue weighted by Crippen LogP contribution is -2.18. The fraction of sp³-hybridized carbons (Fsp3) is 0.133. The zero-order chi connectivity index (χ0) is 13.9. The molecule has 0 N–H and O–H groups in total. The maximum Gasteiger partial charge on any atom is 0.420 e. The van der Waals surface area contributed by atoms with E-state index in [9.17, 15) is 9.18 Å². The summed E-state index contributed by atoms with van der Waals surface area (Å²) in [5.74, 6) is -0.157. The minimum Gasteiger partial charge on any atom is -0.492 e. The number of aromatic nitrogens is 1. The molecule has 1 aromatic heterocycles. The van der Waals surface area contributed by atoms with Gasteiger partial charge < -0.3 is 9.15 Å². The van der Waals surface area contributed by atoms with Crippen LogP contribution in [0.3, 0.4) is 0 Å². The van der Waals surface area contributed by atoms with Crippen LogP contribution in [0.15, 0.2) is 57.7 Å². The molecule has 3 aromatic rings. The molecule has 0 unspecified atom stereocenters. The number of halogens is 1. The summed E-state index contributed by atoms with van der Waals surface area (Å²) in [7, 11) is 0. The van der Waals surface area contributed by atoms with E-state index in [0.29, 0.717) is 24.5 Å². The molecule has 0 aliphatic heterocycles. The van der Waals surface area contributed by atoms with Crippen LogP contribution in [0.5, 0.6) is 5.75 Å². The largest absolute Gasteiger partial charge is 0.492 e. The minimum absolute atomic E-state index is 0.301. The number of rotatable bonds is 4. The van der Waals surface area contributed by atoms with Gasteiger partial charge in [-0.05, 0) is 36.4 Å². The van der Waals surface area contributed by atoms with Crippen LogP contribution in [0.2, 0.25) is 0 Å². The summed E-state index contributed by atoms with van der Waals surface area (Å²) in [4.78, 5) is 11.7. The monoisotopic (exact) mass is 273 g/mol. The topological polar surface area (TPSA) is 44.4 Å². The van der Waals surface area contributed by atoms with Gasteiger partial charge in [0.05, 0.1) is 12.1 Å². The smallest absolute Gasteiger partial charge is 0.420 e. The average Bonchev–Trinajstić information content (AvgIpc) is 2.77. The molecule has 0 spiro atoms. The maximum absolute atomic E-state index is 12.7. The van der Waals surface area contributed by atoms with Gasteiger partial charge in [0.25, 0.3) is 0 Å². The second-order valence-electron chi connectivity index (χ2n) is 4.29. The first-order valence-corrected chi connectivity index (χ1v) is 6.21. The highest BCUT2D eigenvalue weighted by atomic mass is 19.1. The van der Waals surface area contributed by atoms with Crippen molar-refractivity contribution >= 4 is 11.1 Å². The van der Waals surface area contributed by atoms with Gasteiger partial charge in [-0.1, -0.05) is 12.1 Å². The number of oxazole rings is 1. The van der Waals surface area contributed by atoms with Crippen molar-refractivity contribution < 1.29 is 13.5 Å². The van der Waals surface area contributed by atoms with Crippen molar-refractivity contribution in [1.82, 2.24) is 4.57 Å². The van der Waals surface area contributed by atoms with Crippen molar-refractivity contribution in [3.8, 4) is 5.75 Å². The molecule has 0 saturated carbocycles. The summed E-state index contributed by atoms with van der Waals surface area (Å²) in [5.41, 5.74) is 1.29. The molecular formula is C15H12FNO3. The Morgan fingerprint density at radius 1 is 1.10 bits per heavy atom. The fourth-order valence-corrected chi connectivity index (χ4v) is 2.01. The maximum atomic E-state index is 12.7. The first kappa shape index (κ1) is 12.5. The van der Waals surface area contributed by atoms with Crippen molar-refractivity contribution in [3.05, 3.63) is 64.9 Å². The highest BCUT2D eigenvalue weighted by molar-refractivity contribution is 5.72. The Bertz CT molecular complexity index is 774. The van der Waals surface area contributed by atoms with E-state index in [1.165, 1.54) is 16.7 Å². The summed E-state index contributed by atoms with van der Waals surface area (Å²) in [6.07, 6.45) is 0. The Labute approximate surface area is 114 Å². The van der Waals surface area contributed by atoms with Crippen LogP contribution < -0.4 is 10.5 Å². The second-order valence-corrected chi connectivity index (χ2v) is 4.29. The number of hydrogen-bond donors (Lipinski definition) is 0. The molecule has 0 aliphatic rings. The molecule has 0 atom stereocenters. The predicted octanol–water partition coefficient (Wildman–Crippen LogP) is 2.81. The summed E-state index contributed by atoms with van der Waals surface area (Å²) < 4.78 is 24.8. The molecule has 102 valence electrons. The standard InChI is InChI=1S/C15H12FNO3/c16-11-5-7-12(8-6-11)19-10-9-17-13-3-1-2-4-14(13)20-15(17)18/h1-8H,9-10H2. The number of ether oxygens (including phenoxy) is 1. The van der Waals surface area contributed by atoms with E-state index in [4.69, 9.17) is 9.15 Å². The number of hydrogen-bond acceptors (Lipinski definition) is 3. The van der Waals surface area contributed by atoms with Crippen molar-refractivity contribution in [3.63, 3.8) is 0 Å². The number of nitrogens with zero attached hydrogens (tertiary/aromatic N) is 1. The van der Waals surface area contributed by atoms with Crippen LogP contribution in [0.4, 0.5) is 4.39 Å². The van der Waals surface area contributed by atoms with E-state index in [-0.39, 0.29) is 5.82 Å². The van der Waals surface area contributed by atoms with Crippen LogP contribution in [0.25, 0.3) is 11.1 Å². The van der Waals surface area contributed by atoms with Crippen LogP contribution in [0, 0.1) is 5.82 Å². The minimum atomic E-state index is -0.408. The fourth-order valence-electron chi connectivity index (χ4n) is 2.01. The Morgan fingerprint density at radius 3 is 2.65 bits per heavy atom. The molecule has 2 aromatic carbocycles. The first-order valence-electron chi connectivity index (χ1n) is 6.21. The highest BCUT2D eigenvalue weighted by Gasteiger charge is 2.07. The van der Waals surface area contributed by atoms with E-state index in [1.54, 1.807) is 18.2 Å². The molecule has 20 heavy (non-hydrogen) atoms. The van der Waals surface area contributed by atoms with Gasteiger partial charge in [0.2, 0.25) is 0 Å². The Hall–Kier alpha value is -2.56. The molecule has 0 saturated heterocycles. The molecule has 0 radical (unpaired) electrons. The summed E-state index contributed by atoms with van der Waals surface area (Å²) in [6.45, 7) is 0.669. The zero-order valence-electron chi connectivity index (χ0n) is 10.6. The molecule has 0 amide bonds. The van der Waals surface area contributed by atoms with Gasteiger partial charge in [-0.25, -0.2) is 9.18 Å². The molecule has 4 nitrogen and oxygen atoms in total. The van der Waals surface area contributed by atoms with Crippen molar-refractivity contribution in [2.45, 2.75) is 6.54 Å². The molecule has 0 fully saturated rings. The highest BCUT2D eigenvalue weighted by Crippen LogP contribution is 2.13. The van der Waals surface area contributed by atoms with Crippen molar-refractivity contribution in [1.29, 1.82) is 0 Å². The predicted molar refractivity (Wildman–Crippen MR) is 72.4 cm³/mol. The van der Waals surface area contributed by atoms with E-state index in [1.807, 2.05) is 18.2 Å². The van der Waals surface area contributed by atoms with E-state index in [2.05, 4.69) is 0 Å².